The molecule has 3 nitrogen and oxygen atoms in total. The zero-order chi connectivity index (χ0) is 14.8. The van der Waals surface area contributed by atoms with Crippen molar-refractivity contribution in [1.29, 1.82) is 0 Å². The fourth-order valence-electron chi connectivity index (χ4n) is 1.76. The largest absolute Gasteiger partial charge is 0.241 e. The lowest BCUT2D eigenvalue weighted by atomic mass is 10.2. The van der Waals surface area contributed by atoms with Gasteiger partial charge in [0.05, 0.1) is 4.90 Å². The summed E-state index contributed by atoms with van der Waals surface area (Å²) in [6, 6.07) is 10.6. The molecule has 0 radical (unpaired) electrons. The second-order valence-corrected chi connectivity index (χ2v) is 6.47. The van der Waals surface area contributed by atoms with Crippen LogP contribution < -0.4 is 4.72 Å². The van der Waals surface area contributed by atoms with E-state index >= 15 is 0 Å². The van der Waals surface area contributed by atoms with Gasteiger partial charge in [0.1, 0.15) is 5.82 Å². The lowest BCUT2D eigenvalue weighted by Crippen LogP contribution is -2.24. The van der Waals surface area contributed by atoms with Crippen molar-refractivity contribution in [3.05, 3.63) is 64.4 Å². The summed E-state index contributed by atoms with van der Waals surface area (Å²) in [5, 5.41) is 0.478. The van der Waals surface area contributed by atoms with Crippen molar-refractivity contribution in [2.24, 2.45) is 0 Å². The fraction of sp³-hybridized carbons (Fsp3) is 0.143. The first-order valence-electron chi connectivity index (χ1n) is 5.89. The predicted octanol–water partition coefficient (Wildman–Crippen LogP) is 3.27. The number of nitrogens with one attached hydrogen (secondary N) is 1. The minimum atomic E-state index is -3.78. The third-order valence-corrected chi connectivity index (χ3v) is 4.76. The van der Waals surface area contributed by atoms with Crippen molar-refractivity contribution in [1.82, 2.24) is 4.72 Å². The Morgan fingerprint density at radius 2 is 1.90 bits per heavy atom. The van der Waals surface area contributed by atoms with Crippen LogP contribution in [0.1, 0.15) is 11.1 Å². The van der Waals surface area contributed by atoms with Gasteiger partial charge < -0.3 is 0 Å². The molecule has 2 aromatic rings. The van der Waals surface area contributed by atoms with Crippen LogP contribution in [0.5, 0.6) is 0 Å². The molecule has 0 amide bonds. The number of halogens is 2. The third kappa shape index (κ3) is 3.36. The molecule has 2 aromatic carbocycles. The molecule has 0 saturated heterocycles. The fourth-order valence-corrected chi connectivity index (χ4v) is 3.22. The number of rotatable bonds is 4. The quantitative estimate of drug-likeness (QED) is 0.941. The first kappa shape index (κ1) is 15.0. The Morgan fingerprint density at radius 1 is 1.20 bits per heavy atom. The minimum Gasteiger partial charge on any atom is -0.207 e. The average molecular weight is 314 g/mol. The average Bonchev–Trinajstić information content (AvgIpc) is 2.40. The summed E-state index contributed by atoms with van der Waals surface area (Å²) >= 11 is 5.96. The van der Waals surface area contributed by atoms with Gasteiger partial charge in [0.2, 0.25) is 10.0 Å². The van der Waals surface area contributed by atoms with Crippen molar-refractivity contribution in [2.45, 2.75) is 18.4 Å². The van der Waals surface area contributed by atoms with Crippen LogP contribution in [0.4, 0.5) is 4.39 Å². The van der Waals surface area contributed by atoms with Gasteiger partial charge in [-0.05, 0) is 36.2 Å². The van der Waals surface area contributed by atoms with Crippen molar-refractivity contribution >= 4 is 21.6 Å². The molecule has 0 unspecified atom stereocenters. The van der Waals surface area contributed by atoms with E-state index in [1.807, 2.05) is 0 Å². The van der Waals surface area contributed by atoms with E-state index in [-0.39, 0.29) is 11.4 Å². The number of benzene rings is 2. The molecule has 20 heavy (non-hydrogen) atoms. The molecule has 0 aliphatic rings. The summed E-state index contributed by atoms with van der Waals surface area (Å²) in [6.45, 7) is 1.67. The van der Waals surface area contributed by atoms with Crippen LogP contribution in [0.3, 0.4) is 0 Å². The molecular formula is C14H13ClFNO2S. The zero-order valence-corrected chi connectivity index (χ0v) is 12.3. The molecule has 2 rings (SSSR count). The smallest absolute Gasteiger partial charge is 0.207 e. The second-order valence-electron chi connectivity index (χ2n) is 4.33. The molecule has 6 heteroatoms. The first-order chi connectivity index (χ1) is 9.40. The third-order valence-electron chi connectivity index (χ3n) is 2.85. The molecule has 0 fully saturated rings. The van der Waals surface area contributed by atoms with E-state index in [1.54, 1.807) is 31.2 Å². The van der Waals surface area contributed by atoms with Crippen LogP contribution >= 0.6 is 11.6 Å². The van der Waals surface area contributed by atoms with Gasteiger partial charge in [-0.15, -0.1) is 0 Å². The number of hydrogen-bond donors (Lipinski definition) is 1. The highest BCUT2D eigenvalue weighted by molar-refractivity contribution is 7.89. The molecule has 1 N–H and O–H groups in total. The van der Waals surface area contributed by atoms with Gasteiger partial charge in [0.15, 0.2) is 0 Å². The second kappa shape index (κ2) is 5.91. The SMILES string of the molecule is Cc1ccc(F)cc1S(=O)(=O)NCc1ccccc1Cl. The van der Waals surface area contributed by atoms with E-state index in [2.05, 4.69) is 4.72 Å². The molecule has 106 valence electrons. The first-order valence-corrected chi connectivity index (χ1v) is 7.75. The summed E-state index contributed by atoms with van der Waals surface area (Å²) in [7, 11) is -3.78. The summed E-state index contributed by atoms with van der Waals surface area (Å²) in [4.78, 5) is -0.0652. The number of aryl methyl sites for hydroxylation is 1. The summed E-state index contributed by atoms with van der Waals surface area (Å²) in [6.07, 6.45) is 0. The van der Waals surface area contributed by atoms with Gasteiger partial charge in [0, 0.05) is 11.6 Å². The highest BCUT2D eigenvalue weighted by Gasteiger charge is 2.17. The van der Waals surface area contributed by atoms with Crippen LogP contribution in [0, 0.1) is 12.7 Å². The van der Waals surface area contributed by atoms with Crippen molar-refractivity contribution in [3.8, 4) is 0 Å². The maximum atomic E-state index is 13.2. The Balaban J connectivity index is 2.24. The zero-order valence-electron chi connectivity index (χ0n) is 10.7. The molecule has 0 saturated carbocycles. The molecule has 0 aromatic heterocycles. The van der Waals surface area contributed by atoms with E-state index in [9.17, 15) is 12.8 Å². The van der Waals surface area contributed by atoms with E-state index in [0.717, 1.165) is 6.07 Å². The van der Waals surface area contributed by atoms with Gasteiger partial charge in [-0.3, -0.25) is 0 Å². The Bertz CT molecular complexity index is 732. The molecule has 0 heterocycles. The Hall–Kier alpha value is -1.43. The monoisotopic (exact) mass is 313 g/mol. The van der Waals surface area contributed by atoms with Crippen LogP contribution in [0.2, 0.25) is 5.02 Å². The van der Waals surface area contributed by atoms with E-state index in [1.165, 1.54) is 12.1 Å². The minimum absolute atomic E-state index is 0.0535. The lowest BCUT2D eigenvalue weighted by Gasteiger charge is -2.10. The summed E-state index contributed by atoms with van der Waals surface area (Å²) in [5.74, 6) is -0.589. The molecular weight excluding hydrogens is 301 g/mol. The number of sulfonamides is 1. The summed E-state index contributed by atoms with van der Waals surface area (Å²) in [5.41, 5.74) is 1.14. The van der Waals surface area contributed by atoms with Crippen LogP contribution in [0.15, 0.2) is 47.4 Å². The highest BCUT2D eigenvalue weighted by atomic mass is 35.5. The topological polar surface area (TPSA) is 46.2 Å². The van der Waals surface area contributed by atoms with Crippen molar-refractivity contribution < 1.29 is 12.8 Å². The molecule has 0 aliphatic heterocycles. The summed E-state index contributed by atoms with van der Waals surface area (Å²) < 4.78 is 40.0. The van der Waals surface area contributed by atoms with Crippen molar-refractivity contribution in [2.75, 3.05) is 0 Å². The molecule has 0 bridgehead atoms. The maximum absolute atomic E-state index is 13.2. The normalized spacial score (nSPS) is 11.6. The molecule has 0 aliphatic carbocycles. The van der Waals surface area contributed by atoms with Gasteiger partial charge in [0.25, 0.3) is 0 Å². The highest BCUT2D eigenvalue weighted by Crippen LogP contribution is 2.18. The van der Waals surface area contributed by atoms with Gasteiger partial charge in [-0.1, -0.05) is 35.9 Å². The van der Waals surface area contributed by atoms with Crippen LogP contribution in [-0.4, -0.2) is 8.42 Å². The van der Waals surface area contributed by atoms with Gasteiger partial charge in [-0.25, -0.2) is 17.5 Å². The van der Waals surface area contributed by atoms with E-state index in [4.69, 9.17) is 11.6 Å². The standard InChI is InChI=1S/C14H13ClFNO2S/c1-10-6-7-12(16)8-14(10)20(18,19)17-9-11-4-2-3-5-13(11)15/h2-8,17H,9H2,1H3. The van der Waals surface area contributed by atoms with Crippen molar-refractivity contribution in [3.63, 3.8) is 0 Å². The molecule has 0 atom stereocenters. The Labute approximate surface area is 122 Å². The lowest BCUT2D eigenvalue weighted by molar-refractivity contribution is 0.576. The van der Waals surface area contributed by atoms with Crippen LogP contribution in [0.25, 0.3) is 0 Å². The van der Waals surface area contributed by atoms with Gasteiger partial charge >= 0.3 is 0 Å². The predicted molar refractivity (Wildman–Crippen MR) is 76.6 cm³/mol. The van der Waals surface area contributed by atoms with E-state index < -0.39 is 15.8 Å². The Kier molecular flexibility index (Phi) is 4.42. The van der Waals surface area contributed by atoms with Crippen LogP contribution in [-0.2, 0) is 16.6 Å². The Morgan fingerprint density at radius 3 is 2.60 bits per heavy atom. The number of hydrogen-bond acceptors (Lipinski definition) is 2. The van der Waals surface area contributed by atoms with Gasteiger partial charge in [-0.2, -0.15) is 0 Å². The maximum Gasteiger partial charge on any atom is 0.241 e. The van der Waals surface area contributed by atoms with E-state index in [0.29, 0.717) is 16.1 Å². The molecule has 0 spiro atoms.